The summed E-state index contributed by atoms with van der Waals surface area (Å²) in [6.45, 7) is 5.18. The van der Waals surface area contributed by atoms with Crippen LogP contribution in [0.4, 0.5) is 10.1 Å². The number of hydrogen-bond donors (Lipinski definition) is 1. The van der Waals surface area contributed by atoms with Crippen molar-refractivity contribution in [1.82, 2.24) is 5.32 Å². The lowest BCUT2D eigenvalue weighted by Crippen LogP contribution is -2.44. The fraction of sp³-hybridized carbons (Fsp3) is 0.500. The number of nitrogens with zero attached hydrogens (tertiary/aromatic N) is 1. The molecule has 0 fully saturated rings. The van der Waals surface area contributed by atoms with Gasteiger partial charge in [0.25, 0.3) is 0 Å². The molecule has 0 aromatic heterocycles. The summed E-state index contributed by atoms with van der Waals surface area (Å²) in [5.41, 5.74) is -0.209. The van der Waals surface area contributed by atoms with Gasteiger partial charge in [0, 0.05) is 11.1 Å². The third kappa shape index (κ3) is 5.14. The van der Waals surface area contributed by atoms with Gasteiger partial charge < -0.3 is 5.32 Å². The molecule has 8 heteroatoms. The SMILES string of the molecule is CC(C)[C@H](C)NC(=O)CN(c1ccc(Cl)cc1F)S(C)(=O)=O. The first-order valence-corrected chi connectivity index (χ1v) is 8.97. The molecule has 0 bridgehead atoms. The maximum atomic E-state index is 13.9. The van der Waals surface area contributed by atoms with Crippen LogP contribution in [0.5, 0.6) is 0 Å². The number of nitrogens with one attached hydrogen (secondary N) is 1. The molecule has 1 N–H and O–H groups in total. The normalized spacial score (nSPS) is 13.0. The molecule has 0 saturated carbocycles. The highest BCUT2D eigenvalue weighted by molar-refractivity contribution is 7.92. The van der Waals surface area contributed by atoms with Crippen molar-refractivity contribution in [2.45, 2.75) is 26.8 Å². The summed E-state index contributed by atoms with van der Waals surface area (Å²) in [6, 6.07) is 3.48. The lowest BCUT2D eigenvalue weighted by molar-refractivity contribution is -0.120. The highest BCUT2D eigenvalue weighted by Crippen LogP contribution is 2.24. The minimum absolute atomic E-state index is 0.121. The van der Waals surface area contributed by atoms with Crippen LogP contribution in [-0.2, 0) is 14.8 Å². The monoisotopic (exact) mass is 350 g/mol. The Morgan fingerprint density at radius 2 is 1.95 bits per heavy atom. The van der Waals surface area contributed by atoms with Crippen LogP contribution < -0.4 is 9.62 Å². The van der Waals surface area contributed by atoms with Gasteiger partial charge in [-0.25, -0.2) is 12.8 Å². The zero-order chi connectivity index (χ0) is 17.1. The molecule has 0 aliphatic heterocycles. The van der Waals surface area contributed by atoms with E-state index in [-0.39, 0.29) is 22.7 Å². The van der Waals surface area contributed by atoms with Crippen LogP contribution in [0.15, 0.2) is 18.2 Å². The summed E-state index contributed by atoms with van der Waals surface area (Å²) in [5.74, 6) is -1.11. The van der Waals surface area contributed by atoms with Crippen LogP contribution in [0.2, 0.25) is 5.02 Å². The van der Waals surface area contributed by atoms with Gasteiger partial charge in [-0.3, -0.25) is 9.10 Å². The lowest BCUT2D eigenvalue weighted by atomic mass is 10.1. The van der Waals surface area contributed by atoms with Crippen LogP contribution in [0.3, 0.4) is 0 Å². The number of amides is 1. The van der Waals surface area contributed by atoms with E-state index in [9.17, 15) is 17.6 Å². The molecule has 1 amide bonds. The van der Waals surface area contributed by atoms with Crippen LogP contribution in [0, 0.1) is 11.7 Å². The summed E-state index contributed by atoms with van der Waals surface area (Å²) < 4.78 is 38.4. The summed E-state index contributed by atoms with van der Waals surface area (Å²) in [5, 5.41) is 2.83. The Morgan fingerprint density at radius 1 is 1.36 bits per heavy atom. The number of rotatable bonds is 6. The summed E-state index contributed by atoms with van der Waals surface area (Å²) in [6.07, 6.45) is 0.917. The van der Waals surface area contributed by atoms with Crippen LogP contribution in [0.1, 0.15) is 20.8 Å². The van der Waals surface area contributed by atoms with E-state index in [4.69, 9.17) is 11.6 Å². The molecule has 0 spiro atoms. The van der Waals surface area contributed by atoms with E-state index in [0.29, 0.717) is 0 Å². The Kier molecular flexibility index (Phi) is 6.19. The Morgan fingerprint density at radius 3 is 2.41 bits per heavy atom. The van der Waals surface area contributed by atoms with E-state index in [1.54, 1.807) is 0 Å². The van der Waals surface area contributed by atoms with Crippen LogP contribution in [-0.4, -0.2) is 33.2 Å². The van der Waals surface area contributed by atoms with E-state index in [1.165, 1.54) is 12.1 Å². The number of halogens is 2. The van der Waals surface area contributed by atoms with E-state index in [1.807, 2.05) is 20.8 Å². The Hall–Kier alpha value is -1.34. The second-order valence-corrected chi connectivity index (χ2v) is 7.81. The van der Waals surface area contributed by atoms with Gasteiger partial charge in [-0.05, 0) is 31.0 Å². The topological polar surface area (TPSA) is 66.5 Å². The predicted octanol–water partition coefficient (Wildman–Crippen LogP) is 2.41. The Labute approximate surface area is 135 Å². The number of hydrogen-bond acceptors (Lipinski definition) is 3. The second kappa shape index (κ2) is 7.28. The van der Waals surface area contributed by atoms with Gasteiger partial charge in [-0.15, -0.1) is 0 Å². The molecule has 1 aromatic rings. The maximum Gasteiger partial charge on any atom is 0.240 e. The van der Waals surface area contributed by atoms with Crippen molar-refractivity contribution in [2.24, 2.45) is 5.92 Å². The molecule has 22 heavy (non-hydrogen) atoms. The molecule has 1 rings (SSSR count). The molecule has 5 nitrogen and oxygen atoms in total. The quantitative estimate of drug-likeness (QED) is 0.856. The molecule has 0 saturated heterocycles. The first-order chi connectivity index (χ1) is 10.0. The van der Waals surface area contributed by atoms with Crippen molar-refractivity contribution >= 4 is 33.2 Å². The van der Waals surface area contributed by atoms with Gasteiger partial charge in [-0.1, -0.05) is 25.4 Å². The van der Waals surface area contributed by atoms with Gasteiger partial charge in [0.15, 0.2) is 0 Å². The van der Waals surface area contributed by atoms with Crippen LogP contribution in [0.25, 0.3) is 0 Å². The van der Waals surface area contributed by atoms with Crippen molar-refractivity contribution < 1.29 is 17.6 Å². The van der Waals surface area contributed by atoms with Crippen molar-refractivity contribution in [3.63, 3.8) is 0 Å². The molecular formula is C14H20ClFN2O3S. The zero-order valence-corrected chi connectivity index (χ0v) is 14.5. The van der Waals surface area contributed by atoms with E-state index in [2.05, 4.69) is 5.32 Å². The molecule has 1 atom stereocenters. The fourth-order valence-electron chi connectivity index (χ4n) is 1.66. The number of carbonyl (C=O) groups excluding carboxylic acids is 1. The van der Waals surface area contributed by atoms with Gasteiger partial charge >= 0.3 is 0 Å². The van der Waals surface area contributed by atoms with Crippen molar-refractivity contribution in [1.29, 1.82) is 0 Å². The first kappa shape index (κ1) is 18.7. The average molecular weight is 351 g/mol. The van der Waals surface area contributed by atoms with Gasteiger partial charge in [-0.2, -0.15) is 0 Å². The van der Waals surface area contributed by atoms with Crippen molar-refractivity contribution in [3.05, 3.63) is 29.0 Å². The lowest BCUT2D eigenvalue weighted by Gasteiger charge is -2.24. The largest absolute Gasteiger partial charge is 0.352 e. The minimum Gasteiger partial charge on any atom is -0.352 e. The zero-order valence-electron chi connectivity index (χ0n) is 12.9. The fourth-order valence-corrected chi connectivity index (χ4v) is 2.68. The predicted molar refractivity (Wildman–Crippen MR) is 86.0 cm³/mol. The smallest absolute Gasteiger partial charge is 0.240 e. The molecule has 0 heterocycles. The Bertz CT molecular complexity index is 649. The maximum absolute atomic E-state index is 13.9. The molecule has 0 radical (unpaired) electrons. The van der Waals surface area contributed by atoms with E-state index < -0.39 is 28.3 Å². The highest BCUT2D eigenvalue weighted by Gasteiger charge is 2.24. The number of carbonyl (C=O) groups is 1. The van der Waals surface area contributed by atoms with E-state index in [0.717, 1.165) is 16.6 Å². The number of benzene rings is 1. The second-order valence-electron chi connectivity index (χ2n) is 5.47. The van der Waals surface area contributed by atoms with Crippen LogP contribution >= 0.6 is 11.6 Å². The number of anilines is 1. The van der Waals surface area contributed by atoms with Gasteiger partial charge in [0.05, 0.1) is 11.9 Å². The van der Waals surface area contributed by atoms with Crippen molar-refractivity contribution in [2.75, 3.05) is 17.1 Å². The molecular weight excluding hydrogens is 331 g/mol. The number of sulfonamides is 1. The molecule has 0 aliphatic rings. The molecule has 0 unspecified atom stereocenters. The van der Waals surface area contributed by atoms with Gasteiger partial charge in [0.2, 0.25) is 15.9 Å². The average Bonchev–Trinajstić information content (AvgIpc) is 2.35. The molecule has 0 aliphatic carbocycles. The Balaban J connectivity index is 3.03. The minimum atomic E-state index is -3.82. The summed E-state index contributed by atoms with van der Waals surface area (Å²) in [4.78, 5) is 12.0. The molecule has 1 aromatic carbocycles. The summed E-state index contributed by atoms with van der Waals surface area (Å²) >= 11 is 5.66. The standard InChI is InChI=1S/C14H20ClFN2O3S/c1-9(2)10(3)17-14(19)8-18(22(4,20)21)13-6-5-11(15)7-12(13)16/h5-7,9-10H,8H2,1-4H3,(H,17,19)/t10-/m0/s1. The first-order valence-electron chi connectivity index (χ1n) is 6.74. The summed E-state index contributed by atoms with van der Waals surface area (Å²) in [7, 11) is -3.82. The third-order valence-corrected chi connectivity index (χ3v) is 4.62. The molecule has 124 valence electrons. The van der Waals surface area contributed by atoms with Gasteiger partial charge in [0.1, 0.15) is 12.4 Å². The third-order valence-electron chi connectivity index (χ3n) is 3.25. The van der Waals surface area contributed by atoms with E-state index >= 15 is 0 Å². The highest BCUT2D eigenvalue weighted by atomic mass is 35.5. The van der Waals surface area contributed by atoms with Crippen molar-refractivity contribution in [3.8, 4) is 0 Å².